The van der Waals surface area contributed by atoms with Gasteiger partial charge < -0.3 is 15.7 Å². The fraction of sp³-hybridized carbons (Fsp3) is 0.286. The summed E-state index contributed by atoms with van der Waals surface area (Å²) in [6.07, 6.45) is -2.65. The van der Waals surface area contributed by atoms with Gasteiger partial charge in [-0.15, -0.1) is 0 Å². The lowest BCUT2D eigenvalue weighted by Gasteiger charge is -2.13. The van der Waals surface area contributed by atoms with Crippen molar-refractivity contribution >= 4 is 44.6 Å². The molecule has 0 saturated carbocycles. The van der Waals surface area contributed by atoms with Gasteiger partial charge in [0, 0.05) is 18.9 Å². The third kappa shape index (κ3) is 4.78. The topological polar surface area (TPSA) is 99.5 Å². The Balaban J connectivity index is 0.000000227. The van der Waals surface area contributed by atoms with Gasteiger partial charge in [-0.2, -0.15) is 22.0 Å². The Morgan fingerprint density at radius 1 is 1.19 bits per heavy atom. The van der Waals surface area contributed by atoms with Gasteiger partial charge in [0.2, 0.25) is 0 Å². The number of fused-ring (bicyclic) bond motifs is 1. The molecule has 1 aromatic heterocycles. The van der Waals surface area contributed by atoms with E-state index in [1.807, 2.05) is 12.1 Å². The van der Waals surface area contributed by atoms with E-state index < -0.39 is 18.1 Å². The van der Waals surface area contributed by atoms with E-state index in [1.165, 1.54) is 0 Å². The van der Waals surface area contributed by atoms with Gasteiger partial charge in [0.1, 0.15) is 5.52 Å². The average Bonchev–Trinajstić information content (AvgIpc) is 3.10. The van der Waals surface area contributed by atoms with Crippen LogP contribution in [0.4, 0.5) is 27.6 Å². The molecule has 1 aliphatic rings. The maximum Gasteiger partial charge on any atom is 0.465 e. The highest BCUT2D eigenvalue weighted by molar-refractivity contribution is 9.10. The summed E-state index contributed by atoms with van der Waals surface area (Å²) in [5.74, 6) is -8.04. The number of hydrogen-bond acceptors (Lipinski definition) is 6. The van der Waals surface area contributed by atoms with E-state index in [0.717, 1.165) is 40.2 Å². The number of nitrogens with zero attached hydrogens (tertiary/aromatic N) is 3. The Hall–Kier alpha value is -2.57. The molecule has 0 radical (unpaired) electrons. The fourth-order valence-corrected chi connectivity index (χ4v) is 2.37. The number of aliphatic imine (C=N–C) groups is 1. The van der Waals surface area contributed by atoms with E-state index in [-0.39, 0.29) is 0 Å². The fourth-order valence-electron chi connectivity index (χ4n) is 1.83. The number of rotatable bonds is 2. The first-order valence-corrected chi connectivity index (χ1v) is 7.96. The number of alkyl halides is 5. The van der Waals surface area contributed by atoms with E-state index >= 15 is 0 Å². The highest BCUT2D eigenvalue weighted by Crippen LogP contribution is 2.35. The summed E-state index contributed by atoms with van der Waals surface area (Å²) in [5, 5.41) is 13.7. The number of carboxylic acid groups (broad SMARTS) is 1. The summed E-state index contributed by atoms with van der Waals surface area (Å²) in [4.78, 5) is 22.0. The Morgan fingerprint density at radius 2 is 1.85 bits per heavy atom. The molecule has 3 rings (SSSR count). The SMILES string of the molecule is Brc1c(NC2=NCCN2)ccc2nccnc12.O=C(O)C(F)(F)C(F)(F)F. The van der Waals surface area contributed by atoms with Gasteiger partial charge in [-0.1, -0.05) is 0 Å². The van der Waals surface area contributed by atoms with Crippen molar-refractivity contribution in [1.29, 1.82) is 0 Å². The van der Waals surface area contributed by atoms with Gasteiger partial charge >= 0.3 is 18.1 Å². The summed E-state index contributed by atoms with van der Waals surface area (Å²) in [5.41, 5.74) is 2.65. The van der Waals surface area contributed by atoms with Crippen molar-refractivity contribution < 1.29 is 31.9 Å². The van der Waals surface area contributed by atoms with Gasteiger partial charge in [-0.05, 0) is 28.1 Å². The van der Waals surface area contributed by atoms with Gasteiger partial charge in [0.25, 0.3) is 0 Å². The number of carbonyl (C=O) groups is 1. The molecule has 146 valence electrons. The quantitative estimate of drug-likeness (QED) is 0.602. The molecule has 13 heteroatoms. The lowest BCUT2D eigenvalue weighted by Crippen LogP contribution is -2.43. The molecule has 0 spiro atoms. The van der Waals surface area contributed by atoms with Crippen LogP contribution >= 0.6 is 15.9 Å². The predicted octanol–water partition coefficient (Wildman–Crippen LogP) is 3.03. The van der Waals surface area contributed by atoms with E-state index in [4.69, 9.17) is 5.11 Å². The van der Waals surface area contributed by atoms with Crippen LogP contribution in [-0.2, 0) is 4.79 Å². The zero-order valence-corrected chi connectivity index (χ0v) is 14.8. The Labute approximate surface area is 156 Å². The van der Waals surface area contributed by atoms with Crippen molar-refractivity contribution in [1.82, 2.24) is 15.3 Å². The predicted molar refractivity (Wildman–Crippen MR) is 89.8 cm³/mol. The normalized spacial score (nSPS) is 14.1. The third-order valence-corrected chi connectivity index (χ3v) is 3.93. The first-order valence-electron chi connectivity index (χ1n) is 7.16. The van der Waals surface area contributed by atoms with Crippen LogP contribution in [0.2, 0.25) is 0 Å². The monoisotopic (exact) mass is 455 g/mol. The van der Waals surface area contributed by atoms with Gasteiger partial charge in [0.15, 0.2) is 5.96 Å². The molecule has 3 N–H and O–H groups in total. The average molecular weight is 456 g/mol. The van der Waals surface area contributed by atoms with E-state index in [9.17, 15) is 26.7 Å². The van der Waals surface area contributed by atoms with Crippen molar-refractivity contribution in [2.75, 3.05) is 18.4 Å². The summed E-state index contributed by atoms with van der Waals surface area (Å²) in [7, 11) is 0. The number of aliphatic carboxylic acids is 1. The number of nitrogens with one attached hydrogen (secondary N) is 2. The Kier molecular flexibility index (Phi) is 6.13. The molecule has 0 saturated heterocycles. The number of aromatic nitrogens is 2. The van der Waals surface area contributed by atoms with Crippen molar-refractivity contribution in [3.8, 4) is 0 Å². The van der Waals surface area contributed by atoms with Crippen molar-refractivity contribution in [3.05, 3.63) is 29.0 Å². The molecule has 2 heterocycles. The standard InChI is InChI=1S/C11H10BrN5.C3HF5O2/c12-9-7(17-11-15-5-6-16-11)1-2-8-10(9)14-4-3-13-8;4-2(5,1(9)10)3(6,7)8/h1-4H,5-6H2,(H2,15,16,17);(H,9,10). The van der Waals surface area contributed by atoms with Crippen LogP contribution in [0, 0.1) is 0 Å². The summed E-state index contributed by atoms with van der Waals surface area (Å²) < 4.78 is 56.4. The number of anilines is 1. The minimum Gasteiger partial charge on any atom is -0.477 e. The number of halogens is 6. The summed E-state index contributed by atoms with van der Waals surface area (Å²) in [6, 6.07) is 3.90. The van der Waals surface area contributed by atoms with Crippen LogP contribution in [0.3, 0.4) is 0 Å². The van der Waals surface area contributed by atoms with Crippen LogP contribution in [0.1, 0.15) is 0 Å². The Morgan fingerprint density at radius 3 is 2.37 bits per heavy atom. The van der Waals surface area contributed by atoms with Crippen LogP contribution in [0.25, 0.3) is 11.0 Å². The third-order valence-electron chi connectivity index (χ3n) is 3.13. The van der Waals surface area contributed by atoms with Crippen LogP contribution in [-0.4, -0.2) is 52.2 Å². The molecule has 0 aliphatic carbocycles. The number of hydrogen-bond donors (Lipinski definition) is 3. The molecular formula is C14H11BrF5N5O2. The maximum atomic E-state index is 11.3. The molecule has 7 nitrogen and oxygen atoms in total. The largest absolute Gasteiger partial charge is 0.477 e. The molecular weight excluding hydrogens is 445 g/mol. The van der Waals surface area contributed by atoms with Crippen LogP contribution in [0.15, 0.2) is 34.0 Å². The zero-order valence-electron chi connectivity index (χ0n) is 13.2. The van der Waals surface area contributed by atoms with E-state index in [2.05, 4.69) is 41.5 Å². The molecule has 1 aliphatic heterocycles. The second-order valence-electron chi connectivity index (χ2n) is 5.01. The lowest BCUT2D eigenvalue weighted by atomic mass is 10.2. The molecule has 0 bridgehead atoms. The second-order valence-corrected chi connectivity index (χ2v) is 5.80. The van der Waals surface area contributed by atoms with Gasteiger partial charge in [-0.25, -0.2) is 4.79 Å². The molecule has 27 heavy (non-hydrogen) atoms. The van der Waals surface area contributed by atoms with Gasteiger partial charge in [-0.3, -0.25) is 15.0 Å². The zero-order chi connectivity index (χ0) is 20.2. The van der Waals surface area contributed by atoms with E-state index in [0.29, 0.717) is 0 Å². The molecule has 0 fully saturated rings. The first-order chi connectivity index (χ1) is 12.5. The minimum absolute atomic E-state index is 0.800. The minimum atomic E-state index is -6.02. The highest BCUT2D eigenvalue weighted by Gasteiger charge is 2.64. The molecule has 0 atom stereocenters. The summed E-state index contributed by atoms with van der Waals surface area (Å²) in [6.45, 7) is 1.70. The maximum absolute atomic E-state index is 11.3. The van der Waals surface area contributed by atoms with Gasteiger partial charge in [0.05, 0.1) is 22.2 Å². The van der Waals surface area contributed by atoms with Crippen molar-refractivity contribution in [3.63, 3.8) is 0 Å². The number of guanidine groups is 1. The first kappa shape index (κ1) is 20.7. The highest BCUT2D eigenvalue weighted by atomic mass is 79.9. The molecule has 1 aromatic carbocycles. The Bertz CT molecular complexity index is 875. The smallest absolute Gasteiger partial charge is 0.465 e. The van der Waals surface area contributed by atoms with Crippen LogP contribution < -0.4 is 10.6 Å². The number of carboxylic acids is 1. The summed E-state index contributed by atoms with van der Waals surface area (Å²) >= 11 is 3.54. The molecule has 2 aromatic rings. The van der Waals surface area contributed by atoms with Crippen molar-refractivity contribution in [2.24, 2.45) is 4.99 Å². The molecule has 0 unspecified atom stereocenters. The number of benzene rings is 1. The van der Waals surface area contributed by atoms with Crippen LogP contribution in [0.5, 0.6) is 0 Å². The second kappa shape index (κ2) is 7.98. The van der Waals surface area contributed by atoms with Crippen molar-refractivity contribution in [2.45, 2.75) is 12.1 Å². The van der Waals surface area contributed by atoms with E-state index in [1.54, 1.807) is 12.4 Å². The molecule has 0 amide bonds. The lowest BCUT2D eigenvalue weighted by molar-refractivity contribution is -0.277.